The van der Waals surface area contributed by atoms with Crippen LogP contribution >= 0.6 is 12.2 Å². The monoisotopic (exact) mass is 352 g/mol. The number of anilines is 1. The minimum Gasteiger partial charge on any atom is -0.369 e. The molecule has 3 rings (SSSR count). The Labute approximate surface area is 154 Å². The highest BCUT2D eigenvalue weighted by Crippen LogP contribution is 2.21. The third-order valence-corrected chi connectivity index (χ3v) is 5.72. The Morgan fingerprint density at radius 2 is 1.64 bits per heavy atom. The molecule has 1 fully saturated rings. The third-order valence-electron chi connectivity index (χ3n) is 5.29. The molecule has 1 aromatic carbocycles. The lowest BCUT2D eigenvalue weighted by molar-refractivity contribution is 0.202. The van der Waals surface area contributed by atoms with Crippen molar-refractivity contribution < 1.29 is 0 Å². The summed E-state index contributed by atoms with van der Waals surface area (Å²) < 4.78 is 2.78. The van der Waals surface area contributed by atoms with Gasteiger partial charge in [-0.15, -0.1) is 0 Å². The predicted octanol–water partition coefficient (Wildman–Crippen LogP) is 3.79. The summed E-state index contributed by atoms with van der Waals surface area (Å²) in [5.41, 5.74) is 5.25. The van der Waals surface area contributed by atoms with Crippen LogP contribution in [0.2, 0.25) is 0 Å². The van der Waals surface area contributed by atoms with E-state index in [1.54, 1.807) is 0 Å². The van der Waals surface area contributed by atoms with Crippen molar-refractivity contribution in [1.82, 2.24) is 9.47 Å². The molecule has 0 saturated carbocycles. The first kappa shape index (κ1) is 17.7. The number of benzene rings is 1. The third kappa shape index (κ3) is 3.46. The first-order valence-corrected chi connectivity index (χ1v) is 9.06. The van der Waals surface area contributed by atoms with E-state index in [1.165, 1.54) is 5.69 Å². The molecule has 2 heterocycles. The fraction of sp³-hybridized carbons (Fsp3) is 0.400. The zero-order chi connectivity index (χ0) is 18.0. The highest BCUT2D eigenvalue weighted by atomic mass is 32.1. The van der Waals surface area contributed by atoms with Crippen LogP contribution in [0.4, 0.5) is 5.69 Å². The van der Waals surface area contributed by atoms with E-state index in [4.69, 9.17) is 12.2 Å². The molecule has 0 aliphatic carbocycles. The van der Waals surface area contributed by atoms with E-state index in [2.05, 4.69) is 64.6 Å². The lowest BCUT2D eigenvalue weighted by Gasteiger charge is -2.37. The zero-order valence-electron chi connectivity index (χ0n) is 15.1. The van der Waals surface area contributed by atoms with Gasteiger partial charge in [0.15, 0.2) is 0 Å². The van der Waals surface area contributed by atoms with Gasteiger partial charge < -0.3 is 9.47 Å². The lowest BCUT2D eigenvalue weighted by atomic mass is 10.0. The molecule has 4 nitrogen and oxygen atoms in total. The average molecular weight is 353 g/mol. The molecule has 130 valence electrons. The van der Waals surface area contributed by atoms with E-state index in [9.17, 15) is 5.26 Å². The Morgan fingerprint density at radius 3 is 2.24 bits per heavy atom. The van der Waals surface area contributed by atoms with Crippen LogP contribution in [-0.4, -0.2) is 35.6 Å². The Hall–Kier alpha value is -2.16. The van der Waals surface area contributed by atoms with Crippen LogP contribution in [0.5, 0.6) is 0 Å². The lowest BCUT2D eigenvalue weighted by Crippen LogP contribution is -2.47. The molecule has 1 saturated heterocycles. The molecule has 0 amide bonds. The van der Waals surface area contributed by atoms with Gasteiger partial charge in [0.25, 0.3) is 0 Å². The van der Waals surface area contributed by atoms with E-state index in [-0.39, 0.29) is 0 Å². The quantitative estimate of drug-likeness (QED) is 0.787. The van der Waals surface area contributed by atoms with E-state index < -0.39 is 0 Å². The summed E-state index contributed by atoms with van der Waals surface area (Å²) in [7, 11) is 0. The number of nitrogens with zero attached hydrogens (tertiary/aromatic N) is 4. The molecule has 25 heavy (non-hydrogen) atoms. The number of pyridine rings is 1. The second-order valence-corrected chi connectivity index (χ2v) is 7.02. The van der Waals surface area contributed by atoms with Crippen molar-refractivity contribution in [1.29, 1.82) is 5.26 Å². The summed E-state index contributed by atoms with van der Waals surface area (Å²) in [5, 5.41) is 9.46. The van der Waals surface area contributed by atoms with Crippen LogP contribution in [0.3, 0.4) is 0 Å². The van der Waals surface area contributed by atoms with Gasteiger partial charge in [0.2, 0.25) is 0 Å². The maximum Gasteiger partial charge on any atom is 0.125 e. The largest absolute Gasteiger partial charge is 0.369 e. The SMILES string of the molecule is Cc1c(C)c(C)n(CN2CCN(c3ccccc3)CC2)c(=S)c1C#N. The topological polar surface area (TPSA) is 35.2 Å². The molecule has 1 aliphatic rings. The summed E-state index contributed by atoms with van der Waals surface area (Å²) in [6.07, 6.45) is 0. The predicted molar refractivity (Wildman–Crippen MR) is 104 cm³/mol. The first-order valence-electron chi connectivity index (χ1n) is 8.66. The minimum atomic E-state index is 0.640. The fourth-order valence-corrected chi connectivity index (χ4v) is 3.79. The molecule has 1 aromatic heterocycles. The zero-order valence-corrected chi connectivity index (χ0v) is 15.9. The molecule has 0 radical (unpaired) electrons. The Balaban J connectivity index is 1.76. The molecule has 0 N–H and O–H groups in total. The number of hydrogen-bond acceptors (Lipinski definition) is 4. The molecule has 0 atom stereocenters. The molecule has 5 heteroatoms. The second-order valence-electron chi connectivity index (χ2n) is 6.64. The van der Waals surface area contributed by atoms with E-state index in [1.807, 2.05) is 6.92 Å². The van der Waals surface area contributed by atoms with Crippen LogP contribution in [0, 0.1) is 36.7 Å². The smallest absolute Gasteiger partial charge is 0.125 e. The first-order chi connectivity index (χ1) is 12.0. The van der Waals surface area contributed by atoms with E-state index >= 15 is 0 Å². The molecule has 1 aliphatic heterocycles. The maximum atomic E-state index is 9.46. The molecular formula is C20H24N4S. The highest BCUT2D eigenvalue weighted by molar-refractivity contribution is 7.71. The van der Waals surface area contributed by atoms with Crippen molar-refractivity contribution >= 4 is 17.9 Å². The summed E-state index contributed by atoms with van der Waals surface area (Å²) in [6.45, 7) is 10.9. The van der Waals surface area contributed by atoms with Crippen molar-refractivity contribution in [3.8, 4) is 6.07 Å². The maximum absolute atomic E-state index is 9.46. The van der Waals surface area contributed by atoms with Crippen LogP contribution < -0.4 is 4.90 Å². The van der Waals surface area contributed by atoms with Crippen LogP contribution in [0.15, 0.2) is 30.3 Å². The number of piperazine rings is 1. The normalized spacial score (nSPS) is 15.2. The van der Waals surface area contributed by atoms with Gasteiger partial charge in [0.05, 0.1) is 12.2 Å². The summed E-state index contributed by atoms with van der Waals surface area (Å²) in [5.74, 6) is 0. The van der Waals surface area contributed by atoms with Gasteiger partial charge in [0, 0.05) is 37.6 Å². The van der Waals surface area contributed by atoms with Gasteiger partial charge in [-0.3, -0.25) is 4.90 Å². The van der Waals surface area contributed by atoms with Gasteiger partial charge >= 0.3 is 0 Å². The number of para-hydroxylation sites is 1. The molecular weight excluding hydrogens is 328 g/mol. The van der Waals surface area contributed by atoms with Crippen molar-refractivity contribution in [2.24, 2.45) is 0 Å². The van der Waals surface area contributed by atoms with Gasteiger partial charge in [-0.25, -0.2) is 0 Å². The van der Waals surface area contributed by atoms with Crippen molar-refractivity contribution in [3.63, 3.8) is 0 Å². The Morgan fingerprint density at radius 1 is 1.00 bits per heavy atom. The fourth-order valence-electron chi connectivity index (χ4n) is 3.40. The van der Waals surface area contributed by atoms with Gasteiger partial charge in [-0.2, -0.15) is 5.26 Å². The minimum absolute atomic E-state index is 0.640. The average Bonchev–Trinajstić information content (AvgIpc) is 2.65. The molecule has 0 unspecified atom stereocenters. The summed E-state index contributed by atoms with van der Waals surface area (Å²) in [4.78, 5) is 4.84. The highest BCUT2D eigenvalue weighted by Gasteiger charge is 2.19. The van der Waals surface area contributed by atoms with E-state index in [0.29, 0.717) is 10.2 Å². The summed E-state index contributed by atoms with van der Waals surface area (Å²) >= 11 is 5.60. The molecule has 0 bridgehead atoms. The van der Waals surface area contributed by atoms with E-state index in [0.717, 1.165) is 49.7 Å². The van der Waals surface area contributed by atoms with Crippen LogP contribution in [-0.2, 0) is 6.67 Å². The second kappa shape index (κ2) is 7.38. The van der Waals surface area contributed by atoms with Gasteiger partial charge in [-0.05, 0) is 44.0 Å². The van der Waals surface area contributed by atoms with Crippen molar-refractivity contribution in [3.05, 3.63) is 57.4 Å². The van der Waals surface area contributed by atoms with Crippen LogP contribution in [0.1, 0.15) is 22.4 Å². The Kier molecular flexibility index (Phi) is 5.22. The molecule has 2 aromatic rings. The Bertz CT molecular complexity index is 856. The van der Waals surface area contributed by atoms with Gasteiger partial charge in [0.1, 0.15) is 10.7 Å². The number of rotatable bonds is 3. The number of hydrogen-bond donors (Lipinski definition) is 0. The number of nitriles is 1. The summed E-state index contributed by atoms with van der Waals surface area (Å²) in [6, 6.07) is 12.8. The van der Waals surface area contributed by atoms with Crippen LogP contribution in [0.25, 0.3) is 0 Å². The van der Waals surface area contributed by atoms with Crippen molar-refractivity contribution in [2.45, 2.75) is 27.4 Å². The number of aromatic nitrogens is 1. The van der Waals surface area contributed by atoms with Crippen molar-refractivity contribution in [2.75, 3.05) is 31.1 Å². The standard InChI is InChI=1S/C20H24N4S/c1-15-16(2)19(13-21)20(25)24(17(15)3)14-22-9-11-23(12-10-22)18-7-5-4-6-8-18/h4-8H,9-12,14H2,1-3H3. The van der Waals surface area contributed by atoms with Gasteiger partial charge in [-0.1, -0.05) is 30.4 Å². The molecule has 0 spiro atoms.